The summed E-state index contributed by atoms with van der Waals surface area (Å²) in [4.78, 5) is 21.9. The van der Waals surface area contributed by atoms with Crippen LogP contribution in [0.5, 0.6) is 0 Å². The summed E-state index contributed by atoms with van der Waals surface area (Å²) in [6, 6.07) is 6.00. The molecule has 0 aliphatic rings. The number of carboxylic acid groups (broad SMARTS) is 1. The van der Waals surface area contributed by atoms with Crippen LogP contribution in [-0.2, 0) is 5.41 Å². The number of aromatic nitrogens is 3. The maximum absolute atomic E-state index is 11.3. The first kappa shape index (κ1) is 14.6. The molecule has 8 nitrogen and oxygen atoms in total. The Bertz CT molecular complexity index is 715. The molecule has 0 aliphatic heterocycles. The molecule has 2 rings (SSSR count). The average molecular weight is 290 g/mol. The van der Waals surface area contributed by atoms with E-state index >= 15 is 0 Å². The molecule has 0 unspecified atom stereocenters. The number of aromatic carboxylic acids is 1. The summed E-state index contributed by atoms with van der Waals surface area (Å²) in [7, 11) is 0. The molecule has 0 atom stereocenters. The van der Waals surface area contributed by atoms with Crippen molar-refractivity contribution in [3.05, 3.63) is 45.8 Å². The molecule has 1 heterocycles. The lowest BCUT2D eigenvalue weighted by molar-refractivity contribution is -0.384. The van der Waals surface area contributed by atoms with Crippen molar-refractivity contribution < 1.29 is 14.8 Å². The van der Waals surface area contributed by atoms with Crippen molar-refractivity contribution >= 4 is 11.7 Å². The Morgan fingerprint density at radius 1 is 1.33 bits per heavy atom. The largest absolute Gasteiger partial charge is 0.476 e. The predicted molar refractivity (Wildman–Crippen MR) is 73.7 cm³/mol. The van der Waals surface area contributed by atoms with Crippen LogP contribution in [-0.4, -0.2) is 31.0 Å². The van der Waals surface area contributed by atoms with Crippen LogP contribution in [0.15, 0.2) is 24.3 Å². The van der Waals surface area contributed by atoms with Gasteiger partial charge in [0.2, 0.25) is 0 Å². The molecule has 1 aromatic carbocycles. The molecule has 1 N–H and O–H groups in total. The van der Waals surface area contributed by atoms with Crippen LogP contribution in [0.25, 0.3) is 5.69 Å². The summed E-state index contributed by atoms with van der Waals surface area (Å²) in [5.41, 5.74) is -0.469. The summed E-state index contributed by atoms with van der Waals surface area (Å²) >= 11 is 0. The summed E-state index contributed by atoms with van der Waals surface area (Å²) < 4.78 is 1.22. The number of carboxylic acids is 1. The number of hydrogen-bond acceptors (Lipinski definition) is 5. The molecule has 8 heteroatoms. The fraction of sp³-hybridized carbons (Fsp3) is 0.308. The van der Waals surface area contributed by atoms with Crippen LogP contribution in [0.4, 0.5) is 5.69 Å². The molecule has 2 aromatic rings. The molecule has 0 spiro atoms. The zero-order valence-corrected chi connectivity index (χ0v) is 11.8. The van der Waals surface area contributed by atoms with Gasteiger partial charge >= 0.3 is 5.97 Å². The van der Waals surface area contributed by atoms with E-state index in [-0.39, 0.29) is 17.1 Å². The highest BCUT2D eigenvalue weighted by atomic mass is 16.6. The summed E-state index contributed by atoms with van der Waals surface area (Å²) in [5.74, 6) is -1.22. The number of nitrogens with zero attached hydrogens (tertiary/aromatic N) is 4. The fourth-order valence-corrected chi connectivity index (χ4v) is 2.07. The van der Waals surface area contributed by atoms with Crippen molar-refractivity contribution in [1.29, 1.82) is 0 Å². The van der Waals surface area contributed by atoms with Crippen LogP contribution in [0, 0.1) is 10.1 Å². The molecule has 0 fully saturated rings. The van der Waals surface area contributed by atoms with E-state index in [1.807, 2.05) is 0 Å². The van der Waals surface area contributed by atoms with Crippen LogP contribution < -0.4 is 0 Å². The van der Waals surface area contributed by atoms with E-state index in [9.17, 15) is 20.0 Å². The van der Waals surface area contributed by atoms with Crippen LogP contribution in [0.1, 0.15) is 37.0 Å². The van der Waals surface area contributed by atoms with Crippen molar-refractivity contribution in [2.75, 3.05) is 0 Å². The van der Waals surface area contributed by atoms with Gasteiger partial charge in [0, 0.05) is 11.5 Å². The first-order valence-corrected chi connectivity index (χ1v) is 6.16. The zero-order valence-electron chi connectivity index (χ0n) is 11.8. The number of para-hydroxylation sites is 2. The van der Waals surface area contributed by atoms with Crippen LogP contribution in [0.3, 0.4) is 0 Å². The molecule has 0 saturated heterocycles. The third-order valence-corrected chi connectivity index (χ3v) is 2.89. The first-order chi connectivity index (χ1) is 9.73. The molecule has 0 amide bonds. The second-order valence-electron chi connectivity index (χ2n) is 5.50. The van der Waals surface area contributed by atoms with Crippen molar-refractivity contribution in [2.24, 2.45) is 0 Å². The standard InChI is InChI=1S/C13H14N4O4/c1-13(2,3)11-10(12(18)19)14-15-16(11)8-6-4-5-7-9(8)17(20)21/h4-7H,1-3H3,(H,18,19). The number of benzene rings is 1. The van der Waals surface area contributed by atoms with Gasteiger partial charge in [-0.1, -0.05) is 38.1 Å². The predicted octanol–water partition coefficient (Wildman–Crippen LogP) is 2.17. The molecule has 0 saturated carbocycles. The average Bonchev–Trinajstić information content (AvgIpc) is 2.83. The van der Waals surface area contributed by atoms with E-state index in [1.54, 1.807) is 26.8 Å². The van der Waals surface area contributed by atoms with Crippen LogP contribution in [0.2, 0.25) is 0 Å². The minimum absolute atomic E-state index is 0.162. The second kappa shape index (κ2) is 4.97. The van der Waals surface area contributed by atoms with Crippen molar-refractivity contribution in [3.63, 3.8) is 0 Å². The van der Waals surface area contributed by atoms with Gasteiger partial charge in [-0.15, -0.1) is 5.10 Å². The monoisotopic (exact) mass is 290 g/mol. The van der Waals surface area contributed by atoms with Crippen LogP contribution >= 0.6 is 0 Å². The molecule has 0 aliphatic carbocycles. The maximum Gasteiger partial charge on any atom is 0.358 e. The topological polar surface area (TPSA) is 111 Å². The summed E-state index contributed by atoms with van der Waals surface area (Å²) in [6.07, 6.45) is 0. The van der Waals surface area contributed by atoms with Gasteiger partial charge in [0.15, 0.2) is 5.69 Å². The third-order valence-electron chi connectivity index (χ3n) is 2.89. The number of nitro benzene ring substituents is 1. The SMILES string of the molecule is CC(C)(C)c1c(C(=O)O)nnn1-c1ccccc1[N+](=O)[O-]. The number of carbonyl (C=O) groups is 1. The minimum Gasteiger partial charge on any atom is -0.476 e. The van der Waals surface area contributed by atoms with E-state index in [0.717, 1.165) is 0 Å². The highest BCUT2D eigenvalue weighted by Crippen LogP contribution is 2.30. The Morgan fingerprint density at radius 3 is 2.48 bits per heavy atom. The lowest BCUT2D eigenvalue weighted by atomic mass is 9.90. The van der Waals surface area contributed by atoms with E-state index in [2.05, 4.69) is 10.3 Å². The number of nitro groups is 1. The summed E-state index contributed by atoms with van der Waals surface area (Å²) in [5, 5.41) is 27.8. The van der Waals surface area contributed by atoms with Gasteiger partial charge in [-0.05, 0) is 6.07 Å². The fourth-order valence-electron chi connectivity index (χ4n) is 2.07. The molecule has 0 bridgehead atoms. The van der Waals surface area contributed by atoms with Gasteiger partial charge < -0.3 is 5.11 Å². The van der Waals surface area contributed by atoms with E-state index < -0.39 is 16.3 Å². The van der Waals surface area contributed by atoms with Crippen molar-refractivity contribution in [3.8, 4) is 5.69 Å². The minimum atomic E-state index is -1.22. The first-order valence-electron chi connectivity index (χ1n) is 6.16. The maximum atomic E-state index is 11.3. The van der Waals surface area contributed by atoms with Gasteiger partial charge in [0.25, 0.3) is 5.69 Å². The Hall–Kier alpha value is -2.77. The molecule has 21 heavy (non-hydrogen) atoms. The second-order valence-corrected chi connectivity index (χ2v) is 5.50. The Labute approximate surface area is 120 Å². The van der Waals surface area contributed by atoms with E-state index in [4.69, 9.17) is 0 Å². The molecular weight excluding hydrogens is 276 g/mol. The number of hydrogen-bond donors (Lipinski definition) is 1. The smallest absolute Gasteiger partial charge is 0.358 e. The molecule has 1 aromatic heterocycles. The number of rotatable bonds is 3. The highest BCUT2D eigenvalue weighted by molar-refractivity contribution is 5.87. The third kappa shape index (κ3) is 2.60. The van der Waals surface area contributed by atoms with E-state index in [0.29, 0.717) is 5.69 Å². The van der Waals surface area contributed by atoms with Gasteiger partial charge in [-0.3, -0.25) is 10.1 Å². The molecular formula is C13H14N4O4. The zero-order chi connectivity index (χ0) is 15.8. The lowest BCUT2D eigenvalue weighted by Crippen LogP contribution is -2.21. The van der Waals surface area contributed by atoms with Gasteiger partial charge in [-0.2, -0.15) is 0 Å². The van der Waals surface area contributed by atoms with Crippen molar-refractivity contribution in [1.82, 2.24) is 15.0 Å². The highest BCUT2D eigenvalue weighted by Gasteiger charge is 2.31. The normalized spacial score (nSPS) is 11.4. The summed E-state index contributed by atoms with van der Waals surface area (Å²) in [6.45, 7) is 5.39. The Kier molecular flexibility index (Phi) is 3.46. The van der Waals surface area contributed by atoms with Gasteiger partial charge in [-0.25, -0.2) is 9.48 Å². The molecule has 110 valence electrons. The van der Waals surface area contributed by atoms with E-state index in [1.165, 1.54) is 22.9 Å². The van der Waals surface area contributed by atoms with Gasteiger partial charge in [0.05, 0.1) is 10.6 Å². The quantitative estimate of drug-likeness (QED) is 0.685. The molecule has 0 radical (unpaired) electrons. The van der Waals surface area contributed by atoms with Gasteiger partial charge in [0.1, 0.15) is 5.69 Å². The van der Waals surface area contributed by atoms with Crippen molar-refractivity contribution in [2.45, 2.75) is 26.2 Å². The lowest BCUT2D eigenvalue weighted by Gasteiger charge is -2.20. The Morgan fingerprint density at radius 2 is 1.95 bits per heavy atom. The Balaban J connectivity index is 2.77.